The Bertz CT molecular complexity index is 1230. The maximum atomic E-state index is 13.0. The predicted molar refractivity (Wildman–Crippen MR) is 132 cm³/mol. The molecule has 0 spiro atoms. The number of ether oxygens (including phenoxy) is 1. The topological polar surface area (TPSA) is 56.1 Å². The van der Waals surface area contributed by atoms with E-state index in [0.717, 1.165) is 40.4 Å². The van der Waals surface area contributed by atoms with Gasteiger partial charge in [-0.3, -0.25) is 9.48 Å². The smallest absolute Gasteiger partial charge is 0.255 e. The second kappa shape index (κ2) is 10.2. The lowest BCUT2D eigenvalue weighted by Gasteiger charge is -2.10. The summed E-state index contributed by atoms with van der Waals surface area (Å²) in [5, 5.41) is 7.68. The SMILES string of the molecule is CCc1ccc(OCc2cccc(C(=O)Nc3c(C)nn(Cc4ccccc4)c3C)c2)cc1. The van der Waals surface area contributed by atoms with Gasteiger partial charge in [-0.1, -0.05) is 61.5 Å². The number of aryl methyl sites for hydroxylation is 2. The first kappa shape index (κ1) is 22.3. The first-order valence-corrected chi connectivity index (χ1v) is 11.2. The lowest BCUT2D eigenvalue weighted by atomic mass is 10.1. The molecule has 1 N–H and O–H groups in total. The summed E-state index contributed by atoms with van der Waals surface area (Å²) < 4.78 is 7.82. The fourth-order valence-corrected chi connectivity index (χ4v) is 3.76. The molecule has 1 heterocycles. The van der Waals surface area contributed by atoms with Crippen LogP contribution in [0.2, 0.25) is 0 Å². The lowest BCUT2D eigenvalue weighted by molar-refractivity contribution is 0.102. The average Bonchev–Trinajstić information content (AvgIpc) is 3.11. The van der Waals surface area contributed by atoms with Crippen LogP contribution < -0.4 is 10.1 Å². The molecule has 0 aliphatic rings. The number of anilines is 1. The number of benzene rings is 3. The number of rotatable bonds is 8. The molecule has 0 aliphatic heterocycles. The van der Waals surface area contributed by atoms with Gasteiger partial charge in [0.05, 0.1) is 23.6 Å². The molecule has 0 bridgehead atoms. The normalized spacial score (nSPS) is 10.8. The van der Waals surface area contributed by atoms with E-state index < -0.39 is 0 Å². The van der Waals surface area contributed by atoms with Crippen LogP contribution >= 0.6 is 0 Å². The zero-order valence-electron chi connectivity index (χ0n) is 19.3. The maximum Gasteiger partial charge on any atom is 0.255 e. The highest BCUT2D eigenvalue weighted by Gasteiger charge is 2.16. The van der Waals surface area contributed by atoms with Crippen LogP contribution in [-0.4, -0.2) is 15.7 Å². The molecular formula is C28H29N3O2. The minimum absolute atomic E-state index is 0.158. The van der Waals surface area contributed by atoms with Crippen LogP contribution in [-0.2, 0) is 19.6 Å². The van der Waals surface area contributed by atoms with E-state index in [4.69, 9.17) is 4.74 Å². The third-order valence-corrected chi connectivity index (χ3v) is 5.72. The van der Waals surface area contributed by atoms with Crippen molar-refractivity contribution < 1.29 is 9.53 Å². The number of hydrogen-bond acceptors (Lipinski definition) is 3. The Balaban J connectivity index is 1.43. The summed E-state index contributed by atoms with van der Waals surface area (Å²) in [6, 6.07) is 25.8. The average molecular weight is 440 g/mol. The minimum atomic E-state index is -0.158. The molecule has 5 nitrogen and oxygen atoms in total. The number of amides is 1. The third kappa shape index (κ3) is 5.50. The number of aromatic nitrogens is 2. The van der Waals surface area contributed by atoms with E-state index in [9.17, 15) is 4.79 Å². The number of nitrogens with one attached hydrogen (secondary N) is 1. The highest BCUT2D eigenvalue weighted by molar-refractivity contribution is 6.05. The van der Waals surface area contributed by atoms with Crippen molar-refractivity contribution >= 4 is 11.6 Å². The summed E-state index contributed by atoms with van der Waals surface area (Å²) in [6.07, 6.45) is 1.00. The van der Waals surface area contributed by atoms with Crippen LogP contribution in [0.15, 0.2) is 78.9 Å². The maximum absolute atomic E-state index is 13.0. The summed E-state index contributed by atoms with van der Waals surface area (Å²) in [7, 11) is 0. The van der Waals surface area contributed by atoms with Crippen molar-refractivity contribution in [2.45, 2.75) is 40.3 Å². The first-order chi connectivity index (χ1) is 16.0. The van der Waals surface area contributed by atoms with Gasteiger partial charge in [0.1, 0.15) is 12.4 Å². The summed E-state index contributed by atoms with van der Waals surface area (Å²) in [5.74, 6) is 0.661. The summed E-state index contributed by atoms with van der Waals surface area (Å²) >= 11 is 0. The van der Waals surface area contributed by atoms with Gasteiger partial charge in [0, 0.05) is 5.56 Å². The highest BCUT2D eigenvalue weighted by Crippen LogP contribution is 2.22. The van der Waals surface area contributed by atoms with E-state index in [-0.39, 0.29) is 5.91 Å². The molecule has 0 unspecified atom stereocenters. The molecule has 0 saturated carbocycles. The largest absolute Gasteiger partial charge is 0.489 e. The second-order valence-corrected chi connectivity index (χ2v) is 8.13. The van der Waals surface area contributed by atoms with Gasteiger partial charge in [0.25, 0.3) is 5.91 Å². The van der Waals surface area contributed by atoms with Crippen LogP contribution in [0.4, 0.5) is 5.69 Å². The monoisotopic (exact) mass is 439 g/mol. The molecule has 0 aliphatic carbocycles. The van der Waals surface area contributed by atoms with Crippen molar-refractivity contribution in [1.29, 1.82) is 0 Å². The molecule has 4 aromatic rings. The van der Waals surface area contributed by atoms with Gasteiger partial charge in [-0.2, -0.15) is 5.10 Å². The summed E-state index contributed by atoms with van der Waals surface area (Å²) in [4.78, 5) is 13.0. The number of carbonyl (C=O) groups excluding carboxylic acids is 1. The second-order valence-electron chi connectivity index (χ2n) is 8.13. The van der Waals surface area contributed by atoms with E-state index in [1.54, 1.807) is 0 Å². The Kier molecular flexibility index (Phi) is 6.89. The number of carbonyl (C=O) groups is 1. The molecule has 3 aromatic carbocycles. The molecule has 0 radical (unpaired) electrons. The van der Waals surface area contributed by atoms with E-state index >= 15 is 0 Å². The molecule has 168 valence electrons. The molecule has 0 saturated heterocycles. The van der Waals surface area contributed by atoms with Gasteiger partial charge in [0.15, 0.2) is 0 Å². The van der Waals surface area contributed by atoms with Gasteiger partial charge in [-0.25, -0.2) is 0 Å². The van der Waals surface area contributed by atoms with Crippen LogP contribution in [0.5, 0.6) is 5.75 Å². The van der Waals surface area contributed by atoms with Crippen LogP contribution in [0, 0.1) is 13.8 Å². The first-order valence-electron chi connectivity index (χ1n) is 11.2. The predicted octanol–water partition coefficient (Wildman–Crippen LogP) is 5.94. The molecule has 0 fully saturated rings. The molecule has 5 heteroatoms. The lowest BCUT2D eigenvalue weighted by Crippen LogP contribution is -2.14. The van der Waals surface area contributed by atoms with Crippen molar-refractivity contribution in [2.75, 3.05) is 5.32 Å². The minimum Gasteiger partial charge on any atom is -0.489 e. The van der Waals surface area contributed by atoms with Crippen molar-refractivity contribution in [3.05, 3.63) is 113 Å². The van der Waals surface area contributed by atoms with Gasteiger partial charge < -0.3 is 10.1 Å². The van der Waals surface area contributed by atoms with Gasteiger partial charge >= 0.3 is 0 Å². The van der Waals surface area contributed by atoms with E-state index in [1.165, 1.54) is 5.56 Å². The van der Waals surface area contributed by atoms with Crippen LogP contribution in [0.25, 0.3) is 0 Å². The quantitative estimate of drug-likeness (QED) is 0.369. The number of hydrogen-bond donors (Lipinski definition) is 1. The molecule has 1 aromatic heterocycles. The van der Waals surface area contributed by atoms with Crippen molar-refractivity contribution in [3.63, 3.8) is 0 Å². The Morgan fingerprint density at radius 1 is 0.909 bits per heavy atom. The molecule has 0 atom stereocenters. The van der Waals surface area contributed by atoms with E-state index in [0.29, 0.717) is 18.7 Å². The van der Waals surface area contributed by atoms with Crippen molar-refractivity contribution in [2.24, 2.45) is 0 Å². The third-order valence-electron chi connectivity index (χ3n) is 5.72. The van der Waals surface area contributed by atoms with Gasteiger partial charge in [0.2, 0.25) is 0 Å². The summed E-state index contributed by atoms with van der Waals surface area (Å²) in [6.45, 7) is 7.09. The molecule has 1 amide bonds. The molecule has 33 heavy (non-hydrogen) atoms. The van der Waals surface area contributed by atoms with Gasteiger partial charge in [-0.05, 0) is 61.2 Å². The van der Waals surface area contributed by atoms with Crippen LogP contribution in [0.1, 0.15) is 45.4 Å². The molecule has 4 rings (SSSR count). The fourth-order valence-electron chi connectivity index (χ4n) is 3.76. The Morgan fingerprint density at radius 2 is 1.64 bits per heavy atom. The zero-order valence-corrected chi connectivity index (χ0v) is 19.3. The Hall–Kier alpha value is -3.86. The zero-order chi connectivity index (χ0) is 23.2. The highest BCUT2D eigenvalue weighted by atomic mass is 16.5. The fraction of sp³-hybridized carbons (Fsp3) is 0.214. The Morgan fingerprint density at radius 3 is 2.36 bits per heavy atom. The van der Waals surface area contributed by atoms with E-state index in [2.05, 4.69) is 41.6 Å². The van der Waals surface area contributed by atoms with E-state index in [1.807, 2.05) is 73.1 Å². The Labute approximate surface area is 195 Å². The van der Waals surface area contributed by atoms with Crippen LogP contribution in [0.3, 0.4) is 0 Å². The standard InChI is InChI=1S/C28H29N3O2/c1-4-22-13-15-26(16-14-22)33-19-24-11-8-12-25(17-24)28(32)29-27-20(2)30-31(21(27)3)18-23-9-6-5-7-10-23/h5-17H,4,18-19H2,1-3H3,(H,29,32). The summed E-state index contributed by atoms with van der Waals surface area (Å²) in [5.41, 5.74) is 6.46. The van der Waals surface area contributed by atoms with Gasteiger partial charge in [-0.15, -0.1) is 0 Å². The molecular weight excluding hydrogens is 410 g/mol. The van der Waals surface area contributed by atoms with Crippen molar-refractivity contribution in [1.82, 2.24) is 9.78 Å². The number of nitrogens with zero attached hydrogens (tertiary/aromatic N) is 2. The van der Waals surface area contributed by atoms with Crippen molar-refractivity contribution in [3.8, 4) is 5.75 Å².